The molecule has 18 heavy (non-hydrogen) atoms. The van der Waals surface area contributed by atoms with Crippen LogP contribution in [0.5, 0.6) is 0 Å². The Bertz CT molecular complexity index is 358. The number of likely N-dealkylation sites (N-methyl/N-ethyl adjacent to an activating group) is 1. The number of hydrogen-bond donors (Lipinski definition) is 1. The Morgan fingerprint density at radius 2 is 2.00 bits per heavy atom. The zero-order chi connectivity index (χ0) is 13.4. The molecule has 0 heterocycles. The van der Waals surface area contributed by atoms with Gasteiger partial charge < -0.3 is 5.32 Å². The molecule has 1 unspecified atom stereocenters. The first kappa shape index (κ1) is 15.4. The van der Waals surface area contributed by atoms with E-state index >= 15 is 0 Å². The van der Waals surface area contributed by atoms with Gasteiger partial charge in [0.2, 0.25) is 0 Å². The Balaban J connectivity index is 2.55. The Labute approximate surface area is 112 Å². The van der Waals surface area contributed by atoms with Crippen LogP contribution in [0.25, 0.3) is 0 Å². The van der Waals surface area contributed by atoms with E-state index in [0.717, 1.165) is 36.5 Å². The number of nitrogens with one attached hydrogen (secondary N) is 1. The molecule has 1 aromatic carbocycles. The molecule has 0 saturated heterocycles. The molecule has 1 nitrogen and oxygen atoms in total. The van der Waals surface area contributed by atoms with Gasteiger partial charge in [0, 0.05) is 11.8 Å². The lowest BCUT2D eigenvalue weighted by Crippen LogP contribution is -2.33. The first-order valence-electron chi connectivity index (χ1n) is 6.42. The molecular formula is C14H21F2NS. The highest BCUT2D eigenvalue weighted by Gasteiger charge is 2.10. The number of rotatable bonds is 8. The van der Waals surface area contributed by atoms with Crippen molar-refractivity contribution in [3.8, 4) is 0 Å². The van der Waals surface area contributed by atoms with E-state index in [2.05, 4.69) is 19.2 Å². The summed E-state index contributed by atoms with van der Waals surface area (Å²) < 4.78 is 26.0. The lowest BCUT2D eigenvalue weighted by Gasteiger charge is -2.17. The highest BCUT2D eigenvalue weighted by Crippen LogP contribution is 2.13. The molecule has 0 spiro atoms. The van der Waals surface area contributed by atoms with Crippen LogP contribution in [-0.4, -0.2) is 24.1 Å². The van der Waals surface area contributed by atoms with Crippen LogP contribution < -0.4 is 5.32 Å². The lowest BCUT2D eigenvalue weighted by molar-refractivity contribution is 0.504. The fraction of sp³-hybridized carbons (Fsp3) is 0.571. The molecule has 0 aliphatic rings. The fourth-order valence-corrected chi connectivity index (χ4v) is 2.78. The number of halogens is 2. The van der Waals surface area contributed by atoms with Gasteiger partial charge in [-0.25, -0.2) is 8.78 Å². The van der Waals surface area contributed by atoms with Gasteiger partial charge >= 0.3 is 0 Å². The van der Waals surface area contributed by atoms with Crippen LogP contribution in [-0.2, 0) is 6.42 Å². The molecule has 4 heteroatoms. The molecule has 0 saturated carbocycles. The zero-order valence-electron chi connectivity index (χ0n) is 11.0. The van der Waals surface area contributed by atoms with Crippen LogP contribution in [0.4, 0.5) is 8.78 Å². The third kappa shape index (κ3) is 5.36. The van der Waals surface area contributed by atoms with Crippen molar-refractivity contribution in [3.63, 3.8) is 0 Å². The summed E-state index contributed by atoms with van der Waals surface area (Å²) in [5, 5.41) is 3.39. The number of thioether (sulfide) groups is 1. The van der Waals surface area contributed by atoms with Crippen LogP contribution >= 0.6 is 11.8 Å². The molecule has 0 amide bonds. The predicted molar refractivity (Wildman–Crippen MR) is 75.1 cm³/mol. The first-order valence-corrected chi connectivity index (χ1v) is 7.57. The van der Waals surface area contributed by atoms with Crippen molar-refractivity contribution in [2.45, 2.75) is 32.7 Å². The second-order valence-electron chi connectivity index (χ2n) is 4.28. The minimum atomic E-state index is -0.779. The average molecular weight is 273 g/mol. The van der Waals surface area contributed by atoms with Gasteiger partial charge in [-0.1, -0.05) is 19.9 Å². The minimum Gasteiger partial charge on any atom is -0.313 e. The summed E-state index contributed by atoms with van der Waals surface area (Å²) >= 11 is 1.90. The molecule has 0 aliphatic heterocycles. The van der Waals surface area contributed by atoms with E-state index in [1.165, 1.54) is 12.1 Å². The SMILES string of the molecule is CCCSCC(Cc1ccc(F)c(F)c1)NCC. The van der Waals surface area contributed by atoms with Crippen molar-refractivity contribution in [2.24, 2.45) is 0 Å². The van der Waals surface area contributed by atoms with Crippen molar-refractivity contribution in [1.29, 1.82) is 0 Å². The van der Waals surface area contributed by atoms with E-state index in [0.29, 0.717) is 6.04 Å². The number of benzene rings is 1. The van der Waals surface area contributed by atoms with Crippen molar-refractivity contribution in [1.82, 2.24) is 5.32 Å². The molecule has 0 radical (unpaired) electrons. The molecule has 0 fully saturated rings. The second kappa shape index (κ2) is 8.48. The smallest absolute Gasteiger partial charge is 0.159 e. The quantitative estimate of drug-likeness (QED) is 0.726. The third-order valence-electron chi connectivity index (χ3n) is 2.63. The Hall–Kier alpha value is -0.610. The summed E-state index contributed by atoms with van der Waals surface area (Å²) in [6.07, 6.45) is 1.90. The van der Waals surface area contributed by atoms with E-state index in [4.69, 9.17) is 0 Å². The maximum absolute atomic E-state index is 13.1. The van der Waals surface area contributed by atoms with Crippen LogP contribution in [0.1, 0.15) is 25.8 Å². The first-order chi connectivity index (χ1) is 8.67. The van der Waals surface area contributed by atoms with Crippen molar-refractivity contribution in [3.05, 3.63) is 35.4 Å². The Kier molecular flexibility index (Phi) is 7.28. The molecule has 0 bridgehead atoms. The molecule has 1 aromatic rings. The topological polar surface area (TPSA) is 12.0 Å². The molecule has 0 aromatic heterocycles. The summed E-state index contributed by atoms with van der Waals surface area (Å²) in [5.41, 5.74) is 0.844. The highest BCUT2D eigenvalue weighted by molar-refractivity contribution is 7.99. The van der Waals surface area contributed by atoms with Gasteiger partial charge in [-0.2, -0.15) is 11.8 Å². The summed E-state index contributed by atoms with van der Waals surface area (Å²) in [4.78, 5) is 0. The van der Waals surface area contributed by atoms with E-state index < -0.39 is 11.6 Å². The summed E-state index contributed by atoms with van der Waals surface area (Å²) in [7, 11) is 0. The molecule has 102 valence electrons. The van der Waals surface area contributed by atoms with Gasteiger partial charge in [0.15, 0.2) is 11.6 Å². The molecule has 1 N–H and O–H groups in total. The van der Waals surface area contributed by atoms with Crippen molar-refractivity contribution < 1.29 is 8.78 Å². The summed E-state index contributed by atoms with van der Waals surface area (Å²) in [5.74, 6) is 0.600. The van der Waals surface area contributed by atoms with Crippen LogP contribution in [0.15, 0.2) is 18.2 Å². The van der Waals surface area contributed by atoms with Crippen molar-refractivity contribution >= 4 is 11.8 Å². The molecule has 1 rings (SSSR count). The van der Waals surface area contributed by atoms with Crippen molar-refractivity contribution in [2.75, 3.05) is 18.1 Å². The third-order valence-corrected chi connectivity index (χ3v) is 3.96. The average Bonchev–Trinajstić information content (AvgIpc) is 2.34. The largest absolute Gasteiger partial charge is 0.313 e. The van der Waals surface area contributed by atoms with Gasteiger partial charge in [-0.3, -0.25) is 0 Å². The van der Waals surface area contributed by atoms with Gasteiger partial charge in [0.25, 0.3) is 0 Å². The van der Waals surface area contributed by atoms with E-state index in [-0.39, 0.29) is 0 Å². The Morgan fingerprint density at radius 1 is 1.22 bits per heavy atom. The van der Waals surface area contributed by atoms with Gasteiger partial charge in [0.05, 0.1) is 0 Å². The van der Waals surface area contributed by atoms with Gasteiger partial charge in [-0.15, -0.1) is 0 Å². The van der Waals surface area contributed by atoms with Gasteiger partial charge in [-0.05, 0) is 42.8 Å². The van der Waals surface area contributed by atoms with Gasteiger partial charge in [0.1, 0.15) is 0 Å². The van der Waals surface area contributed by atoms with E-state index in [1.54, 1.807) is 6.07 Å². The monoisotopic (exact) mass is 273 g/mol. The normalized spacial score (nSPS) is 12.7. The standard InChI is InChI=1S/C14H21F2NS/c1-3-7-18-10-12(17-4-2)8-11-5-6-13(15)14(16)9-11/h5-6,9,12,17H,3-4,7-8,10H2,1-2H3. The Morgan fingerprint density at radius 3 is 2.61 bits per heavy atom. The van der Waals surface area contributed by atoms with Crippen LogP contribution in [0.3, 0.4) is 0 Å². The maximum atomic E-state index is 13.1. The minimum absolute atomic E-state index is 0.316. The lowest BCUT2D eigenvalue weighted by atomic mass is 10.1. The zero-order valence-corrected chi connectivity index (χ0v) is 11.8. The predicted octanol–water partition coefficient (Wildman–Crippen LogP) is 3.63. The van der Waals surface area contributed by atoms with Crippen LogP contribution in [0, 0.1) is 11.6 Å². The van der Waals surface area contributed by atoms with E-state index in [9.17, 15) is 8.78 Å². The highest BCUT2D eigenvalue weighted by atomic mass is 32.2. The van der Waals surface area contributed by atoms with E-state index in [1.807, 2.05) is 11.8 Å². The molecular weight excluding hydrogens is 252 g/mol. The maximum Gasteiger partial charge on any atom is 0.159 e. The van der Waals surface area contributed by atoms with Crippen LogP contribution in [0.2, 0.25) is 0 Å². The summed E-state index contributed by atoms with van der Waals surface area (Å²) in [6.45, 7) is 5.11. The summed E-state index contributed by atoms with van der Waals surface area (Å²) in [6, 6.07) is 4.47. The molecule has 1 atom stereocenters. The fourth-order valence-electron chi connectivity index (χ4n) is 1.80. The molecule has 0 aliphatic carbocycles. The second-order valence-corrected chi connectivity index (χ2v) is 5.43. The number of hydrogen-bond acceptors (Lipinski definition) is 2.